The number of oxazole rings is 1. The highest BCUT2D eigenvalue weighted by atomic mass is 16.5. The molecule has 2 heterocycles. The molecule has 1 aromatic carbocycles. The topological polar surface area (TPSA) is 89.7 Å². The van der Waals surface area contributed by atoms with Gasteiger partial charge in [-0.2, -0.15) is 0 Å². The molecule has 0 saturated carbocycles. The standard InChI is InChI=1S/C21H29N5O2/c1-15-9-11-18(12-10-15)21-22-19(17(3)28-21)8-6-4-5-7-13-27-14-16(2)20-23-25-26-24-20/h9-12,16H,4-8,13-14H2,1-3H3,(H,23,24,25,26). The van der Waals surface area contributed by atoms with Gasteiger partial charge in [0.1, 0.15) is 5.76 Å². The smallest absolute Gasteiger partial charge is 0.226 e. The predicted molar refractivity (Wildman–Crippen MR) is 107 cm³/mol. The molecule has 150 valence electrons. The molecular weight excluding hydrogens is 354 g/mol. The lowest BCUT2D eigenvalue weighted by Gasteiger charge is -2.08. The minimum Gasteiger partial charge on any atom is -0.441 e. The van der Waals surface area contributed by atoms with E-state index >= 15 is 0 Å². The van der Waals surface area contributed by atoms with Crippen molar-refractivity contribution in [1.29, 1.82) is 0 Å². The van der Waals surface area contributed by atoms with Gasteiger partial charge >= 0.3 is 0 Å². The van der Waals surface area contributed by atoms with Gasteiger partial charge in [-0.3, -0.25) is 0 Å². The van der Waals surface area contributed by atoms with Crippen LogP contribution in [0.15, 0.2) is 28.7 Å². The quantitative estimate of drug-likeness (QED) is 0.494. The van der Waals surface area contributed by atoms with Gasteiger partial charge in [-0.05, 0) is 55.7 Å². The Hall–Kier alpha value is -2.54. The zero-order valence-electron chi connectivity index (χ0n) is 16.9. The molecule has 0 aliphatic rings. The molecule has 0 aliphatic heterocycles. The second-order valence-corrected chi connectivity index (χ2v) is 7.31. The minimum absolute atomic E-state index is 0.188. The minimum atomic E-state index is 0.188. The second-order valence-electron chi connectivity index (χ2n) is 7.31. The first-order valence-electron chi connectivity index (χ1n) is 9.98. The van der Waals surface area contributed by atoms with Crippen LogP contribution in [0.5, 0.6) is 0 Å². The molecule has 0 saturated heterocycles. The van der Waals surface area contributed by atoms with Crippen molar-refractivity contribution in [3.8, 4) is 11.5 Å². The van der Waals surface area contributed by atoms with Gasteiger partial charge in [-0.25, -0.2) is 10.1 Å². The summed E-state index contributed by atoms with van der Waals surface area (Å²) in [6.07, 6.45) is 5.45. The monoisotopic (exact) mass is 383 g/mol. The first kappa shape index (κ1) is 20.2. The van der Waals surface area contributed by atoms with Crippen LogP contribution in [-0.2, 0) is 11.2 Å². The van der Waals surface area contributed by atoms with Crippen LogP contribution in [0.4, 0.5) is 0 Å². The van der Waals surface area contributed by atoms with Crippen molar-refractivity contribution in [3.63, 3.8) is 0 Å². The number of nitrogens with zero attached hydrogens (tertiary/aromatic N) is 4. The van der Waals surface area contributed by atoms with Crippen molar-refractivity contribution in [1.82, 2.24) is 25.6 Å². The Morgan fingerprint density at radius 2 is 1.86 bits per heavy atom. The van der Waals surface area contributed by atoms with Gasteiger partial charge in [0.2, 0.25) is 5.89 Å². The molecule has 1 unspecified atom stereocenters. The molecule has 1 atom stereocenters. The zero-order chi connectivity index (χ0) is 19.8. The summed E-state index contributed by atoms with van der Waals surface area (Å²) >= 11 is 0. The molecule has 1 N–H and O–H groups in total. The second kappa shape index (κ2) is 10.1. The molecule has 0 spiro atoms. The molecule has 28 heavy (non-hydrogen) atoms. The maximum absolute atomic E-state index is 5.86. The third-order valence-electron chi connectivity index (χ3n) is 4.84. The first-order chi connectivity index (χ1) is 13.6. The summed E-state index contributed by atoms with van der Waals surface area (Å²) in [7, 11) is 0. The van der Waals surface area contributed by atoms with Crippen molar-refractivity contribution >= 4 is 0 Å². The third kappa shape index (κ3) is 5.73. The van der Waals surface area contributed by atoms with E-state index in [2.05, 4.69) is 51.8 Å². The molecule has 0 aliphatic carbocycles. The van der Waals surface area contributed by atoms with Crippen LogP contribution in [0.2, 0.25) is 0 Å². The molecule has 0 bridgehead atoms. The normalized spacial score (nSPS) is 12.4. The van der Waals surface area contributed by atoms with Crippen LogP contribution < -0.4 is 0 Å². The van der Waals surface area contributed by atoms with E-state index in [-0.39, 0.29) is 5.92 Å². The Morgan fingerprint density at radius 1 is 1.07 bits per heavy atom. The van der Waals surface area contributed by atoms with Gasteiger partial charge in [0, 0.05) is 18.1 Å². The van der Waals surface area contributed by atoms with Gasteiger partial charge in [-0.15, -0.1) is 5.10 Å². The average Bonchev–Trinajstić information content (AvgIpc) is 3.35. The van der Waals surface area contributed by atoms with Crippen LogP contribution in [0.1, 0.15) is 61.4 Å². The maximum Gasteiger partial charge on any atom is 0.226 e. The number of H-pyrrole nitrogens is 1. The molecule has 2 aromatic heterocycles. The predicted octanol–water partition coefficient (Wildman–Crippen LogP) is 4.39. The van der Waals surface area contributed by atoms with Crippen molar-refractivity contribution in [3.05, 3.63) is 47.1 Å². The summed E-state index contributed by atoms with van der Waals surface area (Å²) in [4.78, 5) is 4.69. The van der Waals surface area contributed by atoms with Crippen LogP contribution >= 0.6 is 0 Å². The third-order valence-corrected chi connectivity index (χ3v) is 4.84. The number of aromatic amines is 1. The molecule has 0 fully saturated rings. The van der Waals surface area contributed by atoms with E-state index in [4.69, 9.17) is 14.1 Å². The maximum atomic E-state index is 5.86. The van der Waals surface area contributed by atoms with Crippen molar-refractivity contribution < 1.29 is 9.15 Å². The van der Waals surface area contributed by atoms with Crippen molar-refractivity contribution in [2.24, 2.45) is 0 Å². The molecule has 7 nitrogen and oxygen atoms in total. The number of hydrogen-bond acceptors (Lipinski definition) is 6. The Kier molecular flexibility index (Phi) is 7.31. The molecule has 3 rings (SSSR count). The molecule has 7 heteroatoms. The SMILES string of the molecule is Cc1ccc(-c2nc(CCCCCCOCC(C)c3nnn[nH]3)c(C)o2)cc1. The lowest BCUT2D eigenvalue weighted by Crippen LogP contribution is -2.07. The van der Waals surface area contributed by atoms with E-state index in [0.717, 1.165) is 67.4 Å². The van der Waals surface area contributed by atoms with E-state index in [1.54, 1.807) is 0 Å². The summed E-state index contributed by atoms with van der Waals surface area (Å²) < 4.78 is 11.6. The highest BCUT2D eigenvalue weighted by Crippen LogP contribution is 2.23. The number of aromatic nitrogens is 5. The number of rotatable bonds is 11. The lowest BCUT2D eigenvalue weighted by molar-refractivity contribution is 0.118. The Bertz CT molecular complexity index is 827. The Balaban J connectivity index is 1.31. The highest BCUT2D eigenvalue weighted by molar-refractivity contribution is 5.54. The van der Waals surface area contributed by atoms with Gasteiger partial charge in [0.05, 0.1) is 12.3 Å². The van der Waals surface area contributed by atoms with Crippen LogP contribution in [-0.4, -0.2) is 38.8 Å². The van der Waals surface area contributed by atoms with Gasteiger partial charge < -0.3 is 9.15 Å². The number of nitrogens with one attached hydrogen (secondary N) is 1. The van der Waals surface area contributed by atoms with E-state index in [1.807, 2.05) is 13.8 Å². The molecule has 0 amide bonds. The fourth-order valence-electron chi connectivity index (χ4n) is 3.04. The van der Waals surface area contributed by atoms with Gasteiger partial charge in [0.15, 0.2) is 5.82 Å². The van der Waals surface area contributed by atoms with Crippen LogP contribution in [0.25, 0.3) is 11.5 Å². The fourth-order valence-corrected chi connectivity index (χ4v) is 3.04. The summed E-state index contributed by atoms with van der Waals surface area (Å²) in [5, 5.41) is 13.9. The van der Waals surface area contributed by atoms with E-state index in [0.29, 0.717) is 6.61 Å². The first-order valence-corrected chi connectivity index (χ1v) is 9.98. The zero-order valence-corrected chi connectivity index (χ0v) is 16.9. The summed E-state index contributed by atoms with van der Waals surface area (Å²) in [5.41, 5.74) is 3.34. The van der Waals surface area contributed by atoms with E-state index < -0.39 is 0 Å². The number of aryl methyl sites for hydroxylation is 3. The largest absolute Gasteiger partial charge is 0.441 e. The summed E-state index contributed by atoms with van der Waals surface area (Å²) in [6, 6.07) is 8.29. The number of tetrazole rings is 1. The van der Waals surface area contributed by atoms with Gasteiger partial charge in [-0.1, -0.05) is 37.5 Å². The van der Waals surface area contributed by atoms with Crippen LogP contribution in [0, 0.1) is 13.8 Å². The van der Waals surface area contributed by atoms with E-state index in [1.165, 1.54) is 5.56 Å². The molecule has 0 radical (unpaired) electrons. The van der Waals surface area contributed by atoms with Gasteiger partial charge in [0.25, 0.3) is 0 Å². The van der Waals surface area contributed by atoms with Crippen LogP contribution in [0.3, 0.4) is 0 Å². The fraction of sp³-hybridized carbons (Fsp3) is 0.524. The number of unbranched alkanes of at least 4 members (excludes halogenated alkanes) is 3. The summed E-state index contributed by atoms with van der Waals surface area (Å²) in [6.45, 7) is 7.53. The number of ether oxygens (including phenoxy) is 1. The van der Waals surface area contributed by atoms with Crippen molar-refractivity contribution in [2.45, 2.75) is 58.8 Å². The Labute approximate surface area is 165 Å². The average molecular weight is 383 g/mol. The van der Waals surface area contributed by atoms with E-state index in [9.17, 15) is 0 Å². The number of benzene rings is 1. The highest BCUT2D eigenvalue weighted by Gasteiger charge is 2.11. The van der Waals surface area contributed by atoms with Crippen molar-refractivity contribution in [2.75, 3.05) is 13.2 Å². The Morgan fingerprint density at radius 3 is 2.61 bits per heavy atom. The number of hydrogen-bond donors (Lipinski definition) is 1. The summed E-state index contributed by atoms with van der Waals surface area (Å²) in [5.74, 6) is 2.60. The molecular formula is C21H29N5O2. The lowest BCUT2D eigenvalue weighted by atomic mass is 10.1. The molecule has 3 aromatic rings.